The third-order valence-electron chi connectivity index (χ3n) is 4.21. The van der Waals surface area contributed by atoms with Crippen LogP contribution in [0.1, 0.15) is 30.1 Å². The molecule has 1 saturated heterocycles. The molecule has 1 aromatic rings. The monoisotopic (exact) mass is 321 g/mol. The molecule has 0 saturated carbocycles. The van der Waals surface area contributed by atoms with Gasteiger partial charge in [-0.15, -0.1) is 0 Å². The van der Waals surface area contributed by atoms with Crippen molar-refractivity contribution in [3.8, 4) is 5.75 Å². The maximum Gasteiger partial charge on any atom is 0.270 e. The van der Waals surface area contributed by atoms with Crippen LogP contribution in [0, 0.1) is 16.0 Å². The third-order valence-corrected chi connectivity index (χ3v) is 4.21. The quantitative estimate of drug-likeness (QED) is 0.640. The van der Waals surface area contributed by atoms with Crippen molar-refractivity contribution < 1.29 is 14.5 Å². The lowest BCUT2D eigenvalue weighted by atomic mass is 9.96. The first-order valence-electron chi connectivity index (χ1n) is 7.89. The summed E-state index contributed by atoms with van der Waals surface area (Å²) in [5, 5.41) is 14.3. The van der Waals surface area contributed by atoms with Crippen LogP contribution in [0.25, 0.3) is 0 Å². The highest BCUT2D eigenvalue weighted by atomic mass is 16.6. The number of hydrogen-bond acceptors (Lipinski definition) is 5. The molecule has 126 valence electrons. The molecule has 0 unspecified atom stereocenters. The van der Waals surface area contributed by atoms with Gasteiger partial charge in [0, 0.05) is 25.2 Å². The van der Waals surface area contributed by atoms with E-state index in [0.717, 1.165) is 25.9 Å². The number of nitrogens with one attached hydrogen (secondary N) is 1. The van der Waals surface area contributed by atoms with Crippen molar-refractivity contribution in [2.24, 2.45) is 5.92 Å². The Balaban J connectivity index is 2.08. The molecule has 2 rings (SSSR count). The predicted molar refractivity (Wildman–Crippen MR) is 86.8 cm³/mol. The van der Waals surface area contributed by atoms with Gasteiger partial charge in [-0.3, -0.25) is 14.9 Å². The van der Waals surface area contributed by atoms with Gasteiger partial charge in [0.05, 0.1) is 17.6 Å². The Kier molecular flexibility index (Phi) is 5.92. The number of ether oxygens (including phenoxy) is 1. The zero-order valence-electron chi connectivity index (χ0n) is 13.6. The molecule has 0 radical (unpaired) electrons. The lowest BCUT2D eigenvalue weighted by Gasteiger charge is -2.32. The number of likely N-dealkylation sites (tertiary alicyclic amines) is 1. The Labute approximate surface area is 135 Å². The fourth-order valence-corrected chi connectivity index (χ4v) is 2.84. The van der Waals surface area contributed by atoms with E-state index in [4.69, 9.17) is 4.74 Å². The molecule has 0 aliphatic carbocycles. The summed E-state index contributed by atoms with van der Waals surface area (Å²) in [6.45, 7) is 5.33. The van der Waals surface area contributed by atoms with E-state index in [1.165, 1.54) is 25.3 Å². The maximum atomic E-state index is 12.7. The molecule has 1 N–H and O–H groups in total. The summed E-state index contributed by atoms with van der Waals surface area (Å²) in [4.78, 5) is 24.9. The highest BCUT2D eigenvalue weighted by Gasteiger charge is 2.26. The van der Waals surface area contributed by atoms with E-state index in [0.29, 0.717) is 24.8 Å². The summed E-state index contributed by atoms with van der Waals surface area (Å²) < 4.78 is 5.19. The molecule has 23 heavy (non-hydrogen) atoms. The lowest BCUT2D eigenvalue weighted by molar-refractivity contribution is -0.384. The second-order valence-corrected chi connectivity index (χ2v) is 5.68. The first-order chi connectivity index (χ1) is 11.1. The van der Waals surface area contributed by atoms with E-state index in [9.17, 15) is 14.9 Å². The number of nitro groups is 1. The number of nitro benzene ring substituents is 1. The standard InChI is InChI=1S/C16H23N3O4/c1-3-17-11-12-6-8-18(9-7-12)16(20)14-10-13(19(21)22)4-5-15(14)23-2/h4-5,10,12,17H,3,6-9,11H2,1-2H3. The topological polar surface area (TPSA) is 84.7 Å². The highest BCUT2D eigenvalue weighted by molar-refractivity contribution is 5.97. The highest BCUT2D eigenvalue weighted by Crippen LogP contribution is 2.27. The van der Waals surface area contributed by atoms with E-state index in [1.807, 2.05) is 0 Å². The number of carbonyl (C=O) groups is 1. The predicted octanol–water partition coefficient (Wildman–Crippen LogP) is 2.07. The van der Waals surface area contributed by atoms with E-state index in [-0.39, 0.29) is 17.2 Å². The van der Waals surface area contributed by atoms with Crippen LogP contribution >= 0.6 is 0 Å². The Morgan fingerprint density at radius 2 is 2.13 bits per heavy atom. The van der Waals surface area contributed by atoms with Gasteiger partial charge in [0.25, 0.3) is 11.6 Å². The van der Waals surface area contributed by atoms with Crippen molar-refractivity contribution in [3.05, 3.63) is 33.9 Å². The smallest absolute Gasteiger partial charge is 0.270 e. The van der Waals surface area contributed by atoms with E-state index in [1.54, 1.807) is 4.90 Å². The second kappa shape index (κ2) is 7.92. The van der Waals surface area contributed by atoms with Gasteiger partial charge in [0.1, 0.15) is 5.75 Å². The van der Waals surface area contributed by atoms with Gasteiger partial charge >= 0.3 is 0 Å². The summed E-state index contributed by atoms with van der Waals surface area (Å²) >= 11 is 0. The minimum Gasteiger partial charge on any atom is -0.496 e. The molecule has 0 atom stereocenters. The van der Waals surface area contributed by atoms with E-state index < -0.39 is 4.92 Å². The first kappa shape index (κ1) is 17.2. The Hall–Kier alpha value is -2.15. The van der Waals surface area contributed by atoms with Crippen LogP contribution in [0.2, 0.25) is 0 Å². The number of hydrogen-bond donors (Lipinski definition) is 1. The van der Waals surface area contributed by atoms with Gasteiger partial charge in [-0.1, -0.05) is 6.92 Å². The zero-order valence-corrected chi connectivity index (χ0v) is 13.6. The second-order valence-electron chi connectivity index (χ2n) is 5.68. The Morgan fingerprint density at radius 1 is 1.43 bits per heavy atom. The van der Waals surface area contributed by atoms with Crippen LogP contribution in [-0.2, 0) is 0 Å². The minimum atomic E-state index is -0.501. The normalized spacial score (nSPS) is 15.5. The Bertz CT molecular complexity index is 568. The summed E-state index contributed by atoms with van der Waals surface area (Å²) in [6.07, 6.45) is 1.88. The lowest BCUT2D eigenvalue weighted by Crippen LogP contribution is -2.40. The van der Waals surface area contributed by atoms with E-state index >= 15 is 0 Å². The molecule has 7 nitrogen and oxygen atoms in total. The molecule has 0 spiro atoms. The number of non-ortho nitro benzene ring substituents is 1. The number of amides is 1. The minimum absolute atomic E-state index is 0.101. The fraction of sp³-hybridized carbons (Fsp3) is 0.562. The number of rotatable bonds is 6. The van der Waals surface area contributed by atoms with Crippen molar-refractivity contribution in [3.63, 3.8) is 0 Å². The molecule has 1 fully saturated rings. The maximum absolute atomic E-state index is 12.7. The molecule has 1 aromatic carbocycles. The third kappa shape index (κ3) is 4.19. The zero-order chi connectivity index (χ0) is 16.8. The van der Waals surface area contributed by atoms with Crippen molar-refractivity contribution in [1.82, 2.24) is 10.2 Å². The molecule has 1 amide bonds. The number of carbonyl (C=O) groups excluding carboxylic acids is 1. The van der Waals surface area contributed by atoms with Crippen molar-refractivity contribution in [1.29, 1.82) is 0 Å². The van der Waals surface area contributed by atoms with Crippen LogP contribution in [-0.4, -0.2) is 49.0 Å². The van der Waals surface area contributed by atoms with Crippen LogP contribution in [0.4, 0.5) is 5.69 Å². The molecular weight excluding hydrogens is 298 g/mol. The molecule has 0 aromatic heterocycles. The number of methoxy groups -OCH3 is 1. The number of piperidine rings is 1. The van der Waals surface area contributed by atoms with Crippen LogP contribution < -0.4 is 10.1 Å². The molecule has 1 aliphatic heterocycles. The van der Waals surface area contributed by atoms with Crippen LogP contribution in [0.3, 0.4) is 0 Å². The molecule has 0 bridgehead atoms. The van der Waals surface area contributed by atoms with Gasteiger partial charge in [0.15, 0.2) is 0 Å². The molecule has 1 heterocycles. The summed E-state index contributed by atoms with van der Waals surface area (Å²) in [7, 11) is 1.46. The average molecular weight is 321 g/mol. The van der Waals surface area contributed by atoms with Gasteiger partial charge in [-0.2, -0.15) is 0 Å². The fourth-order valence-electron chi connectivity index (χ4n) is 2.84. The van der Waals surface area contributed by atoms with Crippen LogP contribution in [0.5, 0.6) is 5.75 Å². The number of nitrogens with zero attached hydrogens (tertiary/aromatic N) is 2. The van der Waals surface area contributed by atoms with Gasteiger partial charge in [0.2, 0.25) is 0 Å². The van der Waals surface area contributed by atoms with Crippen molar-refractivity contribution in [2.75, 3.05) is 33.3 Å². The summed E-state index contributed by atoms with van der Waals surface area (Å²) in [6, 6.07) is 4.12. The molecule has 1 aliphatic rings. The Morgan fingerprint density at radius 3 is 2.70 bits per heavy atom. The molecule has 7 heteroatoms. The number of benzene rings is 1. The van der Waals surface area contributed by atoms with Gasteiger partial charge in [-0.25, -0.2) is 0 Å². The van der Waals surface area contributed by atoms with Crippen LogP contribution in [0.15, 0.2) is 18.2 Å². The summed E-state index contributed by atoms with van der Waals surface area (Å²) in [5.74, 6) is 0.744. The molecular formula is C16H23N3O4. The van der Waals surface area contributed by atoms with E-state index in [2.05, 4.69) is 12.2 Å². The first-order valence-corrected chi connectivity index (χ1v) is 7.89. The van der Waals surface area contributed by atoms with Gasteiger partial charge in [-0.05, 0) is 37.9 Å². The summed E-state index contributed by atoms with van der Waals surface area (Å²) in [5.41, 5.74) is 0.156. The SMILES string of the molecule is CCNCC1CCN(C(=O)c2cc([N+](=O)[O-])ccc2OC)CC1. The van der Waals surface area contributed by atoms with Gasteiger partial charge < -0.3 is 15.0 Å². The van der Waals surface area contributed by atoms with Crippen molar-refractivity contribution in [2.45, 2.75) is 19.8 Å². The average Bonchev–Trinajstić information content (AvgIpc) is 2.59. The van der Waals surface area contributed by atoms with Crippen molar-refractivity contribution >= 4 is 11.6 Å². The largest absolute Gasteiger partial charge is 0.496 e.